The van der Waals surface area contributed by atoms with Crippen LogP contribution in [-0.4, -0.2) is 51.1 Å². The van der Waals surface area contributed by atoms with Crippen LogP contribution in [0.2, 0.25) is 0 Å². The molecule has 1 aliphatic rings. The zero-order valence-corrected chi connectivity index (χ0v) is 13.1. The monoisotopic (exact) mass is 319 g/mol. The molecule has 1 N–H and O–H groups in total. The van der Waals surface area contributed by atoms with Crippen LogP contribution in [0.5, 0.6) is 0 Å². The summed E-state index contributed by atoms with van der Waals surface area (Å²) in [6, 6.07) is 5.92. The topological polar surface area (TPSA) is 79.7 Å². The standard InChI is InChI=1S/C17H17N7/c1-2-13(11-19-3-1)14-10-16(24-8-6-18-7-9-24)23-17(22-14)15-12-20-4-5-21-15/h1-5,10-12,18H,6-9H2. The van der Waals surface area contributed by atoms with E-state index in [0.29, 0.717) is 11.5 Å². The van der Waals surface area contributed by atoms with Crippen LogP contribution >= 0.6 is 0 Å². The predicted molar refractivity (Wildman–Crippen MR) is 91.4 cm³/mol. The number of piperazine rings is 1. The zero-order valence-electron chi connectivity index (χ0n) is 13.1. The number of hydrogen-bond acceptors (Lipinski definition) is 7. The van der Waals surface area contributed by atoms with Gasteiger partial charge < -0.3 is 10.2 Å². The molecule has 0 radical (unpaired) electrons. The van der Waals surface area contributed by atoms with E-state index in [-0.39, 0.29) is 0 Å². The number of nitrogens with one attached hydrogen (secondary N) is 1. The molecule has 4 heterocycles. The zero-order chi connectivity index (χ0) is 16.2. The molecular weight excluding hydrogens is 302 g/mol. The van der Waals surface area contributed by atoms with Crippen molar-refractivity contribution >= 4 is 5.82 Å². The summed E-state index contributed by atoms with van der Waals surface area (Å²) < 4.78 is 0. The van der Waals surface area contributed by atoms with Gasteiger partial charge in [0.2, 0.25) is 0 Å². The summed E-state index contributed by atoms with van der Waals surface area (Å²) in [4.78, 5) is 24.3. The Labute approximate surface area is 139 Å². The highest BCUT2D eigenvalue weighted by Gasteiger charge is 2.16. The summed E-state index contributed by atoms with van der Waals surface area (Å²) in [5.41, 5.74) is 2.47. The van der Waals surface area contributed by atoms with E-state index < -0.39 is 0 Å². The van der Waals surface area contributed by atoms with Crippen molar-refractivity contribution in [1.29, 1.82) is 0 Å². The van der Waals surface area contributed by atoms with Gasteiger partial charge in [-0.15, -0.1) is 0 Å². The van der Waals surface area contributed by atoms with E-state index in [4.69, 9.17) is 4.98 Å². The van der Waals surface area contributed by atoms with Crippen molar-refractivity contribution < 1.29 is 0 Å². The van der Waals surface area contributed by atoms with Crippen molar-refractivity contribution in [2.45, 2.75) is 0 Å². The Morgan fingerprint density at radius 2 is 1.79 bits per heavy atom. The SMILES string of the molecule is c1cncc(-c2cc(N3CCNCC3)nc(-c3cnccn3)n2)c1. The number of pyridine rings is 1. The molecule has 120 valence electrons. The fourth-order valence-electron chi connectivity index (χ4n) is 2.68. The van der Waals surface area contributed by atoms with Crippen LogP contribution < -0.4 is 10.2 Å². The second-order valence-electron chi connectivity index (χ2n) is 5.50. The van der Waals surface area contributed by atoms with E-state index in [0.717, 1.165) is 43.3 Å². The maximum Gasteiger partial charge on any atom is 0.182 e. The number of anilines is 1. The highest BCUT2D eigenvalue weighted by Crippen LogP contribution is 2.24. The third-order valence-electron chi connectivity index (χ3n) is 3.90. The average Bonchev–Trinajstić information content (AvgIpc) is 2.70. The Bertz CT molecular complexity index is 744. The van der Waals surface area contributed by atoms with Gasteiger partial charge in [0.25, 0.3) is 0 Å². The van der Waals surface area contributed by atoms with Gasteiger partial charge in [0.15, 0.2) is 5.82 Å². The number of rotatable bonds is 3. The smallest absolute Gasteiger partial charge is 0.182 e. The average molecular weight is 319 g/mol. The predicted octanol–water partition coefficient (Wildman–Crippen LogP) is 1.41. The van der Waals surface area contributed by atoms with Crippen LogP contribution in [0.4, 0.5) is 5.82 Å². The molecule has 3 aromatic rings. The molecule has 0 aliphatic carbocycles. The van der Waals surface area contributed by atoms with Gasteiger partial charge in [-0.05, 0) is 12.1 Å². The molecule has 0 amide bonds. The van der Waals surface area contributed by atoms with Crippen molar-refractivity contribution in [2.24, 2.45) is 0 Å². The first-order valence-electron chi connectivity index (χ1n) is 7.92. The number of aromatic nitrogens is 5. The molecule has 1 aliphatic heterocycles. The minimum absolute atomic E-state index is 0.581. The summed E-state index contributed by atoms with van der Waals surface area (Å²) in [7, 11) is 0. The minimum Gasteiger partial charge on any atom is -0.354 e. The van der Waals surface area contributed by atoms with Gasteiger partial charge in [-0.1, -0.05) is 0 Å². The Morgan fingerprint density at radius 3 is 2.54 bits per heavy atom. The Hall–Kier alpha value is -2.93. The van der Waals surface area contributed by atoms with Crippen molar-refractivity contribution in [3.63, 3.8) is 0 Å². The first-order chi connectivity index (χ1) is 11.9. The molecule has 4 rings (SSSR count). The van der Waals surface area contributed by atoms with E-state index in [9.17, 15) is 0 Å². The van der Waals surface area contributed by atoms with E-state index >= 15 is 0 Å². The van der Waals surface area contributed by atoms with E-state index in [1.54, 1.807) is 24.8 Å². The normalized spacial score (nSPS) is 14.6. The lowest BCUT2D eigenvalue weighted by atomic mass is 10.2. The first-order valence-corrected chi connectivity index (χ1v) is 7.92. The lowest BCUT2D eigenvalue weighted by Gasteiger charge is -2.28. The second kappa shape index (κ2) is 6.67. The Morgan fingerprint density at radius 1 is 0.917 bits per heavy atom. The molecule has 24 heavy (non-hydrogen) atoms. The molecule has 0 atom stereocenters. The fourth-order valence-corrected chi connectivity index (χ4v) is 2.68. The number of hydrogen-bond donors (Lipinski definition) is 1. The maximum atomic E-state index is 4.72. The molecule has 7 heteroatoms. The molecule has 0 saturated carbocycles. The maximum absolute atomic E-state index is 4.72. The molecule has 1 saturated heterocycles. The molecule has 0 bridgehead atoms. The van der Waals surface area contributed by atoms with Crippen LogP contribution in [0.3, 0.4) is 0 Å². The van der Waals surface area contributed by atoms with Gasteiger partial charge in [-0.25, -0.2) is 15.0 Å². The molecule has 0 spiro atoms. The molecule has 1 fully saturated rings. The number of nitrogens with zero attached hydrogens (tertiary/aromatic N) is 6. The van der Waals surface area contributed by atoms with Crippen LogP contribution in [0.25, 0.3) is 22.8 Å². The van der Waals surface area contributed by atoms with Crippen molar-refractivity contribution in [3.8, 4) is 22.8 Å². The molecular formula is C17H17N7. The van der Waals surface area contributed by atoms with Gasteiger partial charge in [-0.3, -0.25) is 9.97 Å². The molecule has 0 aromatic carbocycles. The largest absolute Gasteiger partial charge is 0.354 e. The summed E-state index contributed by atoms with van der Waals surface area (Å²) in [5, 5.41) is 3.36. The third-order valence-corrected chi connectivity index (χ3v) is 3.90. The minimum atomic E-state index is 0.581. The van der Waals surface area contributed by atoms with Gasteiger partial charge in [0, 0.05) is 62.6 Å². The van der Waals surface area contributed by atoms with E-state index in [1.807, 2.05) is 24.4 Å². The Balaban J connectivity index is 1.81. The van der Waals surface area contributed by atoms with Crippen LogP contribution in [0.15, 0.2) is 49.2 Å². The molecule has 0 unspecified atom stereocenters. The van der Waals surface area contributed by atoms with Gasteiger partial charge in [0.05, 0.1) is 11.9 Å². The van der Waals surface area contributed by atoms with E-state index in [1.165, 1.54) is 0 Å². The van der Waals surface area contributed by atoms with Crippen LogP contribution in [0, 0.1) is 0 Å². The van der Waals surface area contributed by atoms with E-state index in [2.05, 4.69) is 30.2 Å². The summed E-state index contributed by atoms with van der Waals surface area (Å²) in [5.74, 6) is 1.49. The molecule has 3 aromatic heterocycles. The third kappa shape index (κ3) is 3.07. The summed E-state index contributed by atoms with van der Waals surface area (Å²) >= 11 is 0. The molecule has 7 nitrogen and oxygen atoms in total. The van der Waals surface area contributed by atoms with Gasteiger partial charge >= 0.3 is 0 Å². The summed E-state index contributed by atoms with van der Waals surface area (Å²) in [6.45, 7) is 3.74. The van der Waals surface area contributed by atoms with Crippen molar-refractivity contribution in [3.05, 3.63) is 49.2 Å². The quantitative estimate of drug-likeness (QED) is 0.781. The first kappa shape index (κ1) is 14.6. The van der Waals surface area contributed by atoms with Crippen LogP contribution in [0.1, 0.15) is 0 Å². The van der Waals surface area contributed by atoms with Gasteiger partial charge in [0.1, 0.15) is 11.5 Å². The fraction of sp³-hybridized carbons (Fsp3) is 0.235. The van der Waals surface area contributed by atoms with Crippen LogP contribution in [-0.2, 0) is 0 Å². The van der Waals surface area contributed by atoms with Gasteiger partial charge in [-0.2, -0.15) is 0 Å². The highest BCUT2D eigenvalue weighted by atomic mass is 15.2. The summed E-state index contributed by atoms with van der Waals surface area (Å²) in [6.07, 6.45) is 8.55. The van der Waals surface area contributed by atoms with Crippen molar-refractivity contribution in [2.75, 3.05) is 31.1 Å². The lowest BCUT2D eigenvalue weighted by Crippen LogP contribution is -2.44. The van der Waals surface area contributed by atoms with Crippen molar-refractivity contribution in [1.82, 2.24) is 30.2 Å². The highest BCUT2D eigenvalue weighted by molar-refractivity contribution is 5.66. The second-order valence-corrected chi connectivity index (χ2v) is 5.50. The lowest BCUT2D eigenvalue weighted by molar-refractivity contribution is 0.585. The Kier molecular flexibility index (Phi) is 4.07.